The first-order valence-electron chi connectivity index (χ1n) is 6.02. The molecule has 0 saturated heterocycles. The Labute approximate surface area is 112 Å². The summed E-state index contributed by atoms with van der Waals surface area (Å²) in [6.45, 7) is 4.05. The van der Waals surface area contributed by atoms with Crippen LogP contribution in [0.4, 0.5) is 0 Å². The second-order valence-electron chi connectivity index (χ2n) is 4.49. The van der Waals surface area contributed by atoms with Gasteiger partial charge in [-0.2, -0.15) is 0 Å². The minimum Gasteiger partial charge on any atom is -0.480 e. The van der Waals surface area contributed by atoms with Crippen LogP contribution >= 0.6 is 0 Å². The molecular weight excluding hydrogens is 246 g/mol. The summed E-state index contributed by atoms with van der Waals surface area (Å²) in [7, 11) is 1.51. The molecular formula is C14H19NO4. The Kier molecular flexibility index (Phi) is 5.51. The van der Waals surface area contributed by atoms with Gasteiger partial charge in [0.1, 0.15) is 6.54 Å². The summed E-state index contributed by atoms with van der Waals surface area (Å²) in [4.78, 5) is 24.4. The Balaban J connectivity index is 2.93. The van der Waals surface area contributed by atoms with Crippen molar-refractivity contribution < 1.29 is 19.4 Å². The van der Waals surface area contributed by atoms with Crippen molar-refractivity contribution in [1.82, 2.24) is 4.90 Å². The number of aliphatic carboxylic acids is 1. The maximum Gasteiger partial charge on any atom is 0.323 e. The quantitative estimate of drug-likeness (QED) is 0.846. The lowest BCUT2D eigenvalue weighted by Crippen LogP contribution is -2.38. The number of carboxylic acids is 1. The van der Waals surface area contributed by atoms with Crippen molar-refractivity contribution in [3.8, 4) is 0 Å². The van der Waals surface area contributed by atoms with E-state index >= 15 is 0 Å². The molecule has 19 heavy (non-hydrogen) atoms. The zero-order valence-electron chi connectivity index (χ0n) is 11.5. The van der Waals surface area contributed by atoms with E-state index in [4.69, 9.17) is 9.84 Å². The maximum absolute atomic E-state index is 12.3. The molecule has 0 fully saturated rings. The van der Waals surface area contributed by atoms with Gasteiger partial charge in [0, 0.05) is 19.2 Å². The number of carbonyl (C=O) groups excluding carboxylic acids is 1. The molecule has 104 valence electrons. The summed E-state index contributed by atoms with van der Waals surface area (Å²) in [6.07, 6.45) is 0. The fraction of sp³-hybridized carbons (Fsp3) is 0.429. The molecule has 0 radical (unpaired) electrons. The highest BCUT2D eigenvalue weighted by molar-refractivity contribution is 5.96. The number of rotatable bonds is 6. The number of carboxylic acid groups (broad SMARTS) is 1. The van der Waals surface area contributed by atoms with Crippen LogP contribution < -0.4 is 0 Å². The molecule has 5 nitrogen and oxygen atoms in total. The first-order valence-corrected chi connectivity index (χ1v) is 6.02. The maximum atomic E-state index is 12.3. The molecule has 0 bridgehead atoms. The van der Waals surface area contributed by atoms with E-state index in [-0.39, 0.29) is 19.0 Å². The van der Waals surface area contributed by atoms with E-state index in [1.165, 1.54) is 12.0 Å². The summed E-state index contributed by atoms with van der Waals surface area (Å²) in [6, 6.07) is 5.49. The molecule has 0 atom stereocenters. The van der Waals surface area contributed by atoms with E-state index in [2.05, 4.69) is 0 Å². The molecule has 0 aliphatic carbocycles. The van der Waals surface area contributed by atoms with Crippen LogP contribution in [-0.2, 0) is 9.53 Å². The Morgan fingerprint density at radius 1 is 1.21 bits per heavy atom. The van der Waals surface area contributed by atoms with Crippen LogP contribution in [0.25, 0.3) is 0 Å². The predicted octanol–water partition coefficient (Wildman–Crippen LogP) is 1.48. The fourth-order valence-corrected chi connectivity index (χ4v) is 1.90. The van der Waals surface area contributed by atoms with Gasteiger partial charge in [-0.25, -0.2) is 0 Å². The standard InChI is InChI=1S/C14H19NO4/c1-10-6-11(2)8-12(7-10)14(18)15(4-5-19-3)9-13(16)17/h6-8H,4-5,9H2,1-3H3,(H,16,17). The second-order valence-corrected chi connectivity index (χ2v) is 4.49. The van der Waals surface area contributed by atoms with Crippen molar-refractivity contribution in [3.63, 3.8) is 0 Å². The van der Waals surface area contributed by atoms with Gasteiger partial charge < -0.3 is 14.7 Å². The lowest BCUT2D eigenvalue weighted by Gasteiger charge is -2.20. The largest absolute Gasteiger partial charge is 0.480 e. The number of nitrogens with zero attached hydrogens (tertiary/aromatic N) is 1. The molecule has 0 saturated carbocycles. The van der Waals surface area contributed by atoms with Crippen molar-refractivity contribution in [1.29, 1.82) is 0 Å². The lowest BCUT2D eigenvalue weighted by atomic mass is 10.1. The van der Waals surface area contributed by atoms with Gasteiger partial charge in [-0.05, 0) is 26.0 Å². The van der Waals surface area contributed by atoms with Crippen LogP contribution in [0, 0.1) is 13.8 Å². The molecule has 0 spiro atoms. The van der Waals surface area contributed by atoms with Gasteiger partial charge >= 0.3 is 5.97 Å². The third-order valence-electron chi connectivity index (χ3n) is 2.65. The number of hydrogen-bond acceptors (Lipinski definition) is 3. The van der Waals surface area contributed by atoms with Crippen molar-refractivity contribution in [3.05, 3.63) is 34.9 Å². The van der Waals surface area contributed by atoms with Crippen LogP contribution in [0.2, 0.25) is 0 Å². The molecule has 0 heterocycles. The number of amides is 1. The van der Waals surface area contributed by atoms with Crippen LogP contribution in [0.15, 0.2) is 18.2 Å². The smallest absolute Gasteiger partial charge is 0.323 e. The molecule has 0 unspecified atom stereocenters. The molecule has 1 amide bonds. The Morgan fingerprint density at radius 3 is 2.26 bits per heavy atom. The molecule has 0 aliphatic rings. The van der Waals surface area contributed by atoms with Crippen LogP contribution in [0.1, 0.15) is 21.5 Å². The Hall–Kier alpha value is -1.88. The van der Waals surface area contributed by atoms with E-state index < -0.39 is 5.97 Å². The van der Waals surface area contributed by atoms with Crippen LogP contribution in [-0.4, -0.2) is 48.7 Å². The summed E-state index contributed by atoms with van der Waals surface area (Å²) in [5.41, 5.74) is 2.46. The highest BCUT2D eigenvalue weighted by Gasteiger charge is 2.18. The van der Waals surface area contributed by atoms with Crippen molar-refractivity contribution in [2.24, 2.45) is 0 Å². The van der Waals surface area contributed by atoms with Crippen molar-refractivity contribution in [2.75, 3.05) is 26.8 Å². The number of hydrogen-bond donors (Lipinski definition) is 1. The Morgan fingerprint density at radius 2 is 1.79 bits per heavy atom. The summed E-state index contributed by atoms with van der Waals surface area (Å²) >= 11 is 0. The Bertz CT molecular complexity index is 450. The SMILES string of the molecule is COCCN(CC(=O)O)C(=O)c1cc(C)cc(C)c1. The van der Waals surface area contributed by atoms with E-state index in [9.17, 15) is 9.59 Å². The summed E-state index contributed by atoms with van der Waals surface area (Å²) < 4.78 is 4.90. The van der Waals surface area contributed by atoms with Gasteiger partial charge in [0.25, 0.3) is 5.91 Å². The minimum absolute atomic E-state index is 0.259. The van der Waals surface area contributed by atoms with Crippen molar-refractivity contribution >= 4 is 11.9 Å². The molecule has 0 aliphatic heterocycles. The van der Waals surface area contributed by atoms with E-state index in [0.717, 1.165) is 11.1 Å². The van der Waals surface area contributed by atoms with Gasteiger partial charge in [0.15, 0.2) is 0 Å². The van der Waals surface area contributed by atoms with Crippen LogP contribution in [0.5, 0.6) is 0 Å². The zero-order valence-corrected chi connectivity index (χ0v) is 11.5. The zero-order chi connectivity index (χ0) is 14.4. The molecule has 5 heteroatoms. The van der Waals surface area contributed by atoms with Gasteiger partial charge in [-0.1, -0.05) is 17.2 Å². The normalized spacial score (nSPS) is 10.3. The average Bonchev–Trinajstić information content (AvgIpc) is 2.32. The minimum atomic E-state index is -1.03. The first kappa shape index (κ1) is 15.2. The molecule has 1 N–H and O–H groups in total. The van der Waals surface area contributed by atoms with E-state index in [0.29, 0.717) is 12.2 Å². The summed E-state index contributed by atoms with van der Waals surface area (Å²) in [5, 5.41) is 8.85. The third-order valence-corrected chi connectivity index (χ3v) is 2.65. The highest BCUT2D eigenvalue weighted by atomic mass is 16.5. The molecule has 1 aromatic carbocycles. The fourth-order valence-electron chi connectivity index (χ4n) is 1.90. The van der Waals surface area contributed by atoms with Gasteiger partial charge in [-0.3, -0.25) is 9.59 Å². The van der Waals surface area contributed by atoms with Gasteiger partial charge in [-0.15, -0.1) is 0 Å². The highest BCUT2D eigenvalue weighted by Crippen LogP contribution is 2.11. The van der Waals surface area contributed by atoms with Crippen LogP contribution in [0.3, 0.4) is 0 Å². The first-order chi connectivity index (χ1) is 8.93. The lowest BCUT2D eigenvalue weighted by molar-refractivity contribution is -0.137. The number of benzene rings is 1. The molecule has 1 rings (SSSR count). The number of carbonyl (C=O) groups is 2. The predicted molar refractivity (Wildman–Crippen MR) is 71.3 cm³/mol. The number of aryl methyl sites for hydroxylation is 2. The van der Waals surface area contributed by atoms with E-state index in [1.54, 1.807) is 12.1 Å². The summed E-state index contributed by atoms with van der Waals surface area (Å²) in [5.74, 6) is -1.32. The second kappa shape index (κ2) is 6.89. The third kappa shape index (κ3) is 4.71. The topological polar surface area (TPSA) is 66.8 Å². The monoisotopic (exact) mass is 265 g/mol. The molecule has 0 aromatic heterocycles. The van der Waals surface area contributed by atoms with Crippen molar-refractivity contribution in [2.45, 2.75) is 13.8 Å². The van der Waals surface area contributed by atoms with E-state index in [1.807, 2.05) is 19.9 Å². The average molecular weight is 265 g/mol. The number of ether oxygens (including phenoxy) is 1. The number of methoxy groups -OCH3 is 1. The van der Waals surface area contributed by atoms with Gasteiger partial charge in [0.2, 0.25) is 0 Å². The van der Waals surface area contributed by atoms with Gasteiger partial charge in [0.05, 0.1) is 6.61 Å². The molecule has 1 aromatic rings.